The van der Waals surface area contributed by atoms with Crippen molar-refractivity contribution in [1.29, 1.82) is 0 Å². The molecule has 0 aromatic heterocycles. The normalized spacial score (nSPS) is 29.9. The fraction of sp³-hybridized carbons (Fsp3) is 0.929. The van der Waals surface area contributed by atoms with Gasteiger partial charge in [-0.1, -0.05) is 19.8 Å². The lowest BCUT2D eigenvalue weighted by Crippen LogP contribution is -2.54. The summed E-state index contributed by atoms with van der Waals surface area (Å²) in [6.07, 6.45) is 6.37. The summed E-state index contributed by atoms with van der Waals surface area (Å²) in [6, 6.07) is 0. The number of carbonyl (C=O) groups excluding carboxylic acids is 1. The Morgan fingerprint density at radius 2 is 1.72 bits per heavy atom. The molecule has 2 heterocycles. The highest BCUT2D eigenvalue weighted by molar-refractivity contribution is 5.82. The summed E-state index contributed by atoms with van der Waals surface area (Å²) in [5.41, 5.74) is -0.128. The minimum Gasteiger partial charge on any atom is -0.346 e. The Kier molecular flexibility index (Phi) is 3.10. The van der Waals surface area contributed by atoms with Gasteiger partial charge in [0.05, 0.1) is 19.8 Å². The Labute approximate surface area is 109 Å². The maximum atomic E-state index is 12.7. The lowest BCUT2D eigenvalue weighted by Gasteiger charge is -2.41. The summed E-state index contributed by atoms with van der Waals surface area (Å²) >= 11 is 0. The first-order valence-corrected chi connectivity index (χ1v) is 7.21. The molecule has 1 aliphatic carbocycles. The van der Waals surface area contributed by atoms with E-state index >= 15 is 0 Å². The zero-order chi connectivity index (χ0) is 12.6. The lowest BCUT2D eigenvalue weighted by molar-refractivity contribution is -0.196. The Balaban J connectivity index is 1.70. The molecule has 4 nitrogen and oxygen atoms in total. The van der Waals surface area contributed by atoms with Gasteiger partial charge in [0.2, 0.25) is 5.91 Å². The van der Waals surface area contributed by atoms with Crippen LogP contribution in [0.2, 0.25) is 0 Å². The van der Waals surface area contributed by atoms with Crippen LogP contribution in [0.15, 0.2) is 0 Å². The summed E-state index contributed by atoms with van der Waals surface area (Å²) in [7, 11) is 0. The molecule has 1 spiro atoms. The predicted molar refractivity (Wildman–Crippen MR) is 67.0 cm³/mol. The maximum absolute atomic E-state index is 12.7. The number of ether oxygens (including phenoxy) is 2. The van der Waals surface area contributed by atoms with Crippen LogP contribution in [0.1, 0.15) is 45.4 Å². The number of hydrogen-bond donors (Lipinski definition) is 0. The van der Waals surface area contributed by atoms with Crippen molar-refractivity contribution in [2.45, 2.75) is 51.2 Å². The van der Waals surface area contributed by atoms with Gasteiger partial charge in [0.25, 0.3) is 0 Å². The number of carbonyl (C=O) groups is 1. The highest BCUT2D eigenvalue weighted by atomic mass is 16.7. The van der Waals surface area contributed by atoms with Crippen LogP contribution in [0.25, 0.3) is 0 Å². The average Bonchev–Trinajstić information content (AvgIpc) is 2.99. The Morgan fingerprint density at radius 1 is 1.06 bits per heavy atom. The Morgan fingerprint density at radius 3 is 2.39 bits per heavy atom. The zero-order valence-corrected chi connectivity index (χ0v) is 11.2. The molecule has 0 unspecified atom stereocenters. The van der Waals surface area contributed by atoms with Gasteiger partial charge in [-0.25, -0.2) is 0 Å². The fourth-order valence-corrected chi connectivity index (χ4v) is 3.65. The first-order chi connectivity index (χ1) is 8.64. The van der Waals surface area contributed by atoms with E-state index in [4.69, 9.17) is 9.47 Å². The third-order valence-electron chi connectivity index (χ3n) is 4.74. The van der Waals surface area contributed by atoms with Gasteiger partial charge in [-0.3, -0.25) is 4.79 Å². The van der Waals surface area contributed by atoms with Gasteiger partial charge < -0.3 is 14.4 Å². The molecule has 102 valence electrons. The van der Waals surface area contributed by atoms with Crippen LogP contribution < -0.4 is 0 Å². The van der Waals surface area contributed by atoms with Gasteiger partial charge in [0, 0.05) is 18.4 Å². The van der Waals surface area contributed by atoms with E-state index in [1.165, 1.54) is 12.8 Å². The smallest absolute Gasteiger partial charge is 0.228 e. The van der Waals surface area contributed by atoms with Crippen LogP contribution in [0.3, 0.4) is 0 Å². The summed E-state index contributed by atoms with van der Waals surface area (Å²) in [4.78, 5) is 14.7. The molecule has 0 atom stereocenters. The fourth-order valence-electron chi connectivity index (χ4n) is 3.65. The topological polar surface area (TPSA) is 38.8 Å². The molecule has 0 bridgehead atoms. The van der Waals surface area contributed by atoms with Crippen molar-refractivity contribution in [3.05, 3.63) is 0 Å². The van der Waals surface area contributed by atoms with E-state index in [1.807, 2.05) is 4.90 Å². The van der Waals surface area contributed by atoms with E-state index < -0.39 is 5.79 Å². The number of piperidine rings is 1. The first kappa shape index (κ1) is 12.4. The van der Waals surface area contributed by atoms with Gasteiger partial charge >= 0.3 is 0 Å². The van der Waals surface area contributed by atoms with Crippen LogP contribution >= 0.6 is 0 Å². The Hall–Kier alpha value is -0.610. The standard InChI is InChI=1S/C14H23NO3/c1-13(5-2-3-6-13)12(16)15-8-4-7-14(11-15)17-9-10-18-14/h2-11H2,1H3. The lowest BCUT2D eigenvalue weighted by atomic mass is 9.86. The van der Waals surface area contributed by atoms with Crippen molar-refractivity contribution >= 4 is 5.91 Å². The Bertz CT molecular complexity index is 330. The van der Waals surface area contributed by atoms with Crippen LogP contribution in [0.5, 0.6) is 0 Å². The van der Waals surface area contributed by atoms with E-state index in [0.29, 0.717) is 25.7 Å². The second-order valence-corrected chi connectivity index (χ2v) is 6.21. The number of rotatable bonds is 1. The molecule has 3 aliphatic rings. The van der Waals surface area contributed by atoms with E-state index in [-0.39, 0.29) is 5.41 Å². The number of hydrogen-bond acceptors (Lipinski definition) is 3. The number of nitrogens with zero attached hydrogens (tertiary/aromatic N) is 1. The van der Waals surface area contributed by atoms with Crippen molar-refractivity contribution in [3.63, 3.8) is 0 Å². The molecule has 2 aliphatic heterocycles. The van der Waals surface area contributed by atoms with Gasteiger partial charge in [-0.2, -0.15) is 0 Å². The molecule has 4 heteroatoms. The van der Waals surface area contributed by atoms with Gasteiger partial charge in [-0.05, 0) is 19.3 Å². The first-order valence-electron chi connectivity index (χ1n) is 7.21. The highest BCUT2D eigenvalue weighted by Gasteiger charge is 2.46. The quantitative estimate of drug-likeness (QED) is 0.717. The molecule has 18 heavy (non-hydrogen) atoms. The van der Waals surface area contributed by atoms with Crippen LogP contribution in [0.4, 0.5) is 0 Å². The molecule has 1 amide bonds. The second-order valence-electron chi connectivity index (χ2n) is 6.21. The molecule has 0 aromatic rings. The molecular weight excluding hydrogens is 230 g/mol. The molecule has 0 radical (unpaired) electrons. The number of amides is 1. The van der Waals surface area contributed by atoms with Gasteiger partial charge in [0.15, 0.2) is 5.79 Å². The van der Waals surface area contributed by atoms with Crippen molar-refractivity contribution in [1.82, 2.24) is 4.90 Å². The highest BCUT2D eigenvalue weighted by Crippen LogP contribution is 2.41. The molecular formula is C14H23NO3. The second kappa shape index (κ2) is 4.49. The SMILES string of the molecule is CC1(C(=O)N2CCCC3(C2)OCCO3)CCCC1. The molecule has 0 N–H and O–H groups in total. The monoisotopic (exact) mass is 253 g/mol. The average molecular weight is 253 g/mol. The summed E-state index contributed by atoms with van der Waals surface area (Å²) in [5, 5.41) is 0. The number of likely N-dealkylation sites (tertiary alicyclic amines) is 1. The van der Waals surface area contributed by atoms with E-state index in [9.17, 15) is 4.79 Å². The van der Waals surface area contributed by atoms with Crippen LogP contribution in [-0.4, -0.2) is 42.9 Å². The zero-order valence-electron chi connectivity index (χ0n) is 11.2. The molecule has 2 saturated heterocycles. The third-order valence-corrected chi connectivity index (χ3v) is 4.74. The molecule has 3 rings (SSSR count). The van der Waals surface area contributed by atoms with Crippen LogP contribution in [0, 0.1) is 5.41 Å². The summed E-state index contributed by atoms with van der Waals surface area (Å²) in [6.45, 7) is 4.95. The summed E-state index contributed by atoms with van der Waals surface area (Å²) < 4.78 is 11.5. The minimum absolute atomic E-state index is 0.128. The van der Waals surface area contributed by atoms with Crippen molar-refractivity contribution < 1.29 is 14.3 Å². The minimum atomic E-state index is -0.483. The van der Waals surface area contributed by atoms with Crippen LogP contribution in [-0.2, 0) is 14.3 Å². The van der Waals surface area contributed by atoms with Crippen molar-refractivity contribution in [3.8, 4) is 0 Å². The van der Waals surface area contributed by atoms with Gasteiger partial charge in [-0.15, -0.1) is 0 Å². The van der Waals surface area contributed by atoms with E-state index in [2.05, 4.69) is 6.92 Å². The third kappa shape index (κ3) is 2.05. The predicted octanol–water partition coefficient (Wildman–Crippen LogP) is 1.93. The molecule has 0 aromatic carbocycles. The van der Waals surface area contributed by atoms with Crippen molar-refractivity contribution in [2.75, 3.05) is 26.3 Å². The molecule has 1 saturated carbocycles. The van der Waals surface area contributed by atoms with Gasteiger partial charge in [0.1, 0.15) is 0 Å². The van der Waals surface area contributed by atoms with E-state index in [1.54, 1.807) is 0 Å². The maximum Gasteiger partial charge on any atom is 0.228 e. The largest absolute Gasteiger partial charge is 0.346 e. The molecule has 3 fully saturated rings. The summed E-state index contributed by atoms with van der Waals surface area (Å²) in [5.74, 6) is -0.166. The van der Waals surface area contributed by atoms with E-state index in [0.717, 1.165) is 32.2 Å². The van der Waals surface area contributed by atoms with Crippen molar-refractivity contribution in [2.24, 2.45) is 5.41 Å².